The standard InChI is InChI=1S/C10H12N2O2/c13-10(14)8-4-5-11-6-9(8)12-7-2-1-3-7/h4-7,12H,1-3H2,(H,13,14). The van der Waals surface area contributed by atoms with Crippen molar-refractivity contribution in [3.05, 3.63) is 24.0 Å². The minimum Gasteiger partial charge on any atom is -0.478 e. The van der Waals surface area contributed by atoms with Gasteiger partial charge in [-0.15, -0.1) is 0 Å². The van der Waals surface area contributed by atoms with E-state index in [0.717, 1.165) is 12.8 Å². The zero-order chi connectivity index (χ0) is 9.97. The second-order valence-corrected chi connectivity index (χ2v) is 3.50. The van der Waals surface area contributed by atoms with E-state index in [0.29, 0.717) is 17.3 Å². The molecule has 1 aromatic rings. The number of rotatable bonds is 3. The molecule has 0 aromatic carbocycles. The fourth-order valence-electron chi connectivity index (χ4n) is 1.47. The summed E-state index contributed by atoms with van der Waals surface area (Å²) < 4.78 is 0. The van der Waals surface area contributed by atoms with Crippen molar-refractivity contribution in [3.8, 4) is 0 Å². The Hall–Kier alpha value is -1.58. The Bertz CT molecular complexity index is 348. The minimum absolute atomic E-state index is 0.298. The predicted molar refractivity (Wildman–Crippen MR) is 52.5 cm³/mol. The number of nitrogens with one attached hydrogen (secondary N) is 1. The summed E-state index contributed by atoms with van der Waals surface area (Å²) in [5.41, 5.74) is 0.927. The van der Waals surface area contributed by atoms with Crippen LogP contribution in [0.3, 0.4) is 0 Å². The van der Waals surface area contributed by atoms with Crippen molar-refractivity contribution in [1.29, 1.82) is 0 Å². The van der Waals surface area contributed by atoms with Crippen LogP contribution in [0.1, 0.15) is 29.6 Å². The summed E-state index contributed by atoms with van der Waals surface area (Å²) in [4.78, 5) is 14.8. The van der Waals surface area contributed by atoms with E-state index < -0.39 is 5.97 Å². The van der Waals surface area contributed by atoms with Crippen LogP contribution in [0.15, 0.2) is 18.5 Å². The lowest BCUT2D eigenvalue weighted by molar-refractivity contribution is 0.0697. The molecule has 0 spiro atoms. The van der Waals surface area contributed by atoms with Crippen LogP contribution < -0.4 is 5.32 Å². The van der Waals surface area contributed by atoms with E-state index in [2.05, 4.69) is 10.3 Å². The van der Waals surface area contributed by atoms with Crippen molar-refractivity contribution >= 4 is 11.7 Å². The van der Waals surface area contributed by atoms with Gasteiger partial charge in [0.05, 0.1) is 17.4 Å². The van der Waals surface area contributed by atoms with Gasteiger partial charge in [-0.25, -0.2) is 4.79 Å². The molecule has 0 radical (unpaired) electrons. The van der Waals surface area contributed by atoms with Crippen LogP contribution in [0.2, 0.25) is 0 Å². The van der Waals surface area contributed by atoms with E-state index in [-0.39, 0.29) is 0 Å². The van der Waals surface area contributed by atoms with Gasteiger partial charge in [0.2, 0.25) is 0 Å². The third-order valence-electron chi connectivity index (χ3n) is 2.52. The summed E-state index contributed by atoms with van der Waals surface area (Å²) >= 11 is 0. The molecule has 74 valence electrons. The molecule has 0 atom stereocenters. The van der Waals surface area contributed by atoms with Crippen molar-refractivity contribution in [2.24, 2.45) is 0 Å². The number of anilines is 1. The Morgan fingerprint density at radius 2 is 2.36 bits per heavy atom. The first-order valence-corrected chi connectivity index (χ1v) is 4.71. The lowest BCUT2D eigenvalue weighted by atomic mass is 9.93. The predicted octanol–water partition coefficient (Wildman–Crippen LogP) is 1.74. The first-order valence-electron chi connectivity index (χ1n) is 4.71. The molecule has 0 bridgehead atoms. The monoisotopic (exact) mass is 192 g/mol. The summed E-state index contributed by atoms with van der Waals surface area (Å²) in [6.45, 7) is 0. The van der Waals surface area contributed by atoms with Crippen LogP contribution in [-0.4, -0.2) is 22.1 Å². The lowest BCUT2D eigenvalue weighted by Crippen LogP contribution is -2.27. The normalized spacial score (nSPS) is 16.0. The number of hydrogen-bond donors (Lipinski definition) is 2. The van der Waals surface area contributed by atoms with Crippen LogP contribution in [0.4, 0.5) is 5.69 Å². The van der Waals surface area contributed by atoms with E-state index >= 15 is 0 Å². The SMILES string of the molecule is O=C(O)c1ccncc1NC1CCC1. The molecule has 0 aliphatic heterocycles. The Morgan fingerprint density at radius 1 is 1.57 bits per heavy atom. The van der Waals surface area contributed by atoms with E-state index in [1.54, 1.807) is 6.20 Å². The molecular formula is C10H12N2O2. The van der Waals surface area contributed by atoms with E-state index in [4.69, 9.17) is 5.11 Å². The van der Waals surface area contributed by atoms with Crippen molar-refractivity contribution in [2.45, 2.75) is 25.3 Å². The molecule has 2 N–H and O–H groups in total. The van der Waals surface area contributed by atoms with Gasteiger partial charge in [-0.2, -0.15) is 0 Å². The molecule has 0 amide bonds. The van der Waals surface area contributed by atoms with Crippen molar-refractivity contribution in [1.82, 2.24) is 4.98 Å². The quantitative estimate of drug-likeness (QED) is 0.765. The van der Waals surface area contributed by atoms with Gasteiger partial charge in [0.25, 0.3) is 0 Å². The maximum absolute atomic E-state index is 10.8. The number of carbonyl (C=O) groups is 1. The molecule has 0 saturated heterocycles. The van der Waals surface area contributed by atoms with Gasteiger partial charge in [0.15, 0.2) is 0 Å². The molecule has 14 heavy (non-hydrogen) atoms. The number of nitrogens with zero attached hydrogens (tertiary/aromatic N) is 1. The fraction of sp³-hybridized carbons (Fsp3) is 0.400. The third-order valence-corrected chi connectivity index (χ3v) is 2.52. The first kappa shape index (κ1) is 8.99. The molecule has 1 heterocycles. The van der Waals surface area contributed by atoms with Gasteiger partial charge in [-0.3, -0.25) is 4.98 Å². The second-order valence-electron chi connectivity index (χ2n) is 3.50. The average molecular weight is 192 g/mol. The van der Waals surface area contributed by atoms with Gasteiger partial charge >= 0.3 is 5.97 Å². The van der Waals surface area contributed by atoms with Gasteiger partial charge in [-0.05, 0) is 25.3 Å². The molecular weight excluding hydrogens is 180 g/mol. The van der Waals surface area contributed by atoms with E-state index in [1.807, 2.05) is 0 Å². The molecule has 2 rings (SSSR count). The molecule has 1 aliphatic carbocycles. The highest BCUT2D eigenvalue weighted by Gasteiger charge is 2.19. The third kappa shape index (κ3) is 1.69. The van der Waals surface area contributed by atoms with Crippen LogP contribution in [0.5, 0.6) is 0 Å². The Kier molecular flexibility index (Phi) is 2.35. The smallest absolute Gasteiger partial charge is 0.337 e. The van der Waals surface area contributed by atoms with E-state index in [1.165, 1.54) is 18.7 Å². The molecule has 1 aliphatic rings. The zero-order valence-electron chi connectivity index (χ0n) is 7.73. The number of hydrogen-bond acceptors (Lipinski definition) is 3. The summed E-state index contributed by atoms with van der Waals surface area (Å²) in [7, 11) is 0. The first-order chi connectivity index (χ1) is 6.77. The summed E-state index contributed by atoms with van der Waals surface area (Å²) in [5, 5.41) is 12.1. The minimum atomic E-state index is -0.908. The fourth-order valence-corrected chi connectivity index (χ4v) is 1.47. The van der Waals surface area contributed by atoms with Gasteiger partial charge in [0, 0.05) is 12.2 Å². The maximum atomic E-state index is 10.8. The van der Waals surface area contributed by atoms with Crippen LogP contribution in [0, 0.1) is 0 Å². The molecule has 0 unspecified atom stereocenters. The van der Waals surface area contributed by atoms with Gasteiger partial charge in [-0.1, -0.05) is 0 Å². The van der Waals surface area contributed by atoms with Gasteiger partial charge in [0.1, 0.15) is 0 Å². The topological polar surface area (TPSA) is 62.2 Å². The van der Waals surface area contributed by atoms with Crippen molar-refractivity contribution in [2.75, 3.05) is 5.32 Å². The maximum Gasteiger partial charge on any atom is 0.337 e. The summed E-state index contributed by atoms with van der Waals surface area (Å²) in [6.07, 6.45) is 6.53. The number of aromatic nitrogens is 1. The Morgan fingerprint density at radius 3 is 2.93 bits per heavy atom. The van der Waals surface area contributed by atoms with Crippen molar-refractivity contribution in [3.63, 3.8) is 0 Å². The molecule has 4 nitrogen and oxygen atoms in total. The number of aromatic carboxylic acids is 1. The Balaban J connectivity index is 2.17. The largest absolute Gasteiger partial charge is 0.478 e. The molecule has 1 fully saturated rings. The zero-order valence-corrected chi connectivity index (χ0v) is 7.73. The van der Waals surface area contributed by atoms with Crippen LogP contribution in [0.25, 0.3) is 0 Å². The number of carboxylic acid groups (broad SMARTS) is 1. The highest BCUT2D eigenvalue weighted by Crippen LogP contribution is 2.24. The molecule has 4 heteroatoms. The highest BCUT2D eigenvalue weighted by molar-refractivity contribution is 5.93. The van der Waals surface area contributed by atoms with E-state index in [9.17, 15) is 4.79 Å². The van der Waals surface area contributed by atoms with Crippen molar-refractivity contribution < 1.29 is 9.90 Å². The van der Waals surface area contributed by atoms with Gasteiger partial charge < -0.3 is 10.4 Å². The highest BCUT2D eigenvalue weighted by atomic mass is 16.4. The average Bonchev–Trinajstić information content (AvgIpc) is 2.12. The molecule has 1 saturated carbocycles. The number of pyridine rings is 1. The summed E-state index contributed by atoms with van der Waals surface area (Å²) in [6, 6.07) is 1.95. The second kappa shape index (κ2) is 3.65. The molecule has 1 aromatic heterocycles. The van der Waals surface area contributed by atoms with Crippen LogP contribution >= 0.6 is 0 Å². The Labute approximate surface area is 82.0 Å². The number of carboxylic acids is 1. The summed E-state index contributed by atoms with van der Waals surface area (Å²) in [5.74, 6) is -0.908. The van der Waals surface area contributed by atoms with Crippen LogP contribution in [-0.2, 0) is 0 Å². The lowest BCUT2D eigenvalue weighted by Gasteiger charge is -2.27.